The van der Waals surface area contributed by atoms with Crippen LogP contribution < -0.4 is 20.7 Å². The number of nitrogen functional groups attached to an aromatic ring is 1. The molecule has 0 aliphatic carbocycles. The molecule has 0 aromatic heterocycles. The number of carbonyl (C=O) groups is 1. The van der Waals surface area contributed by atoms with E-state index in [0.717, 1.165) is 4.90 Å². The van der Waals surface area contributed by atoms with Gasteiger partial charge in [-0.1, -0.05) is 0 Å². The molecule has 2 rings (SSSR count). The van der Waals surface area contributed by atoms with Crippen LogP contribution in [-0.2, 0) is 4.79 Å². The topological polar surface area (TPSA) is 67.6 Å². The zero-order valence-corrected chi connectivity index (χ0v) is 10.8. The maximum atomic E-state index is 12.5. The van der Waals surface area contributed by atoms with E-state index in [2.05, 4.69) is 5.32 Å². The maximum absolute atomic E-state index is 12.5. The average Bonchev–Trinajstić information content (AvgIpc) is 2.35. The standard InChI is InChI=1S/C12H14F3N3O2/c1-2-18(6-12(13,14)15)9-4-8-10(3-7(9)16)20-5-11(19)17-8/h3-4H,2,5-6,16H2,1H3,(H,17,19). The molecule has 1 aliphatic rings. The summed E-state index contributed by atoms with van der Waals surface area (Å²) in [5, 5.41) is 2.54. The largest absolute Gasteiger partial charge is 0.482 e. The number of hydrogen-bond donors (Lipinski definition) is 2. The number of hydrogen-bond acceptors (Lipinski definition) is 4. The van der Waals surface area contributed by atoms with Gasteiger partial charge in [0.15, 0.2) is 6.61 Å². The summed E-state index contributed by atoms with van der Waals surface area (Å²) in [6, 6.07) is 2.82. The highest BCUT2D eigenvalue weighted by atomic mass is 19.4. The van der Waals surface area contributed by atoms with Crippen molar-refractivity contribution < 1.29 is 22.7 Å². The molecule has 1 heterocycles. The van der Waals surface area contributed by atoms with Gasteiger partial charge in [0.25, 0.3) is 5.91 Å². The Bertz CT molecular complexity index is 531. The van der Waals surface area contributed by atoms with Gasteiger partial charge >= 0.3 is 6.18 Å². The Hall–Kier alpha value is -2.12. The smallest absolute Gasteiger partial charge is 0.405 e. The van der Waals surface area contributed by atoms with E-state index in [1.54, 1.807) is 6.92 Å². The SMILES string of the molecule is CCN(CC(F)(F)F)c1cc2c(cc1N)OCC(=O)N2. The molecular formula is C12H14F3N3O2. The van der Waals surface area contributed by atoms with Crippen LogP contribution in [0.3, 0.4) is 0 Å². The summed E-state index contributed by atoms with van der Waals surface area (Å²) in [7, 11) is 0. The van der Waals surface area contributed by atoms with Crippen molar-refractivity contribution in [3.05, 3.63) is 12.1 Å². The second kappa shape index (κ2) is 5.10. The molecule has 3 N–H and O–H groups in total. The molecule has 1 aromatic rings. The Morgan fingerprint density at radius 2 is 2.15 bits per heavy atom. The summed E-state index contributed by atoms with van der Waals surface area (Å²) in [4.78, 5) is 12.3. The first-order valence-electron chi connectivity index (χ1n) is 5.98. The molecule has 1 aliphatic heterocycles. The Balaban J connectivity index is 2.35. The quantitative estimate of drug-likeness (QED) is 0.835. The highest BCUT2D eigenvalue weighted by molar-refractivity contribution is 5.97. The first-order valence-corrected chi connectivity index (χ1v) is 5.98. The van der Waals surface area contributed by atoms with E-state index in [9.17, 15) is 18.0 Å². The third-order valence-electron chi connectivity index (χ3n) is 2.85. The predicted octanol–water partition coefficient (Wildman–Crippen LogP) is 1.99. The molecule has 1 aromatic carbocycles. The number of nitrogens with one attached hydrogen (secondary N) is 1. The summed E-state index contributed by atoms with van der Waals surface area (Å²) < 4.78 is 42.8. The number of nitrogens with two attached hydrogens (primary N) is 1. The van der Waals surface area contributed by atoms with Gasteiger partial charge in [0.1, 0.15) is 12.3 Å². The van der Waals surface area contributed by atoms with Crippen LogP contribution >= 0.6 is 0 Å². The molecule has 0 saturated carbocycles. The van der Waals surface area contributed by atoms with Crippen LogP contribution in [0.15, 0.2) is 12.1 Å². The summed E-state index contributed by atoms with van der Waals surface area (Å²) in [5.41, 5.74) is 6.49. The summed E-state index contributed by atoms with van der Waals surface area (Å²) in [5.74, 6) is 0.000929. The lowest BCUT2D eigenvalue weighted by atomic mass is 10.2. The van der Waals surface area contributed by atoms with Crippen molar-refractivity contribution in [3.63, 3.8) is 0 Å². The fourth-order valence-electron chi connectivity index (χ4n) is 1.99. The number of alkyl halides is 3. The third kappa shape index (κ3) is 3.06. The van der Waals surface area contributed by atoms with Crippen molar-refractivity contribution in [2.45, 2.75) is 13.1 Å². The minimum atomic E-state index is -4.34. The molecule has 0 radical (unpaired) electrons. The van der Waals surface area contributed by atoms with Crippen molar-refractivity contribution in [2.24, 2.45) is 0 Å². The number of benzene rings is 1. The van der Waals surface area contributed by atoms with Crippen molar-refractivity contribution in [1.82, 2.24) is 0 Å². The van der Waals surface area contributed by atoms with E-state index < -0.39 is 12.7 Å². The van der Waals surface area contributed by atoms with Crippen LogP contribution in [0, 0.1) is 0 Å². The summed E-state index contributed by atoms with van der Waals surface area (Å²) >= 11 is 0. The molecular weight excluding hydrogens is 275 g/mol. The van der Waals surface area contributed by atoms with Crippen LogP contribution in [-0.4, -0.2) is 31.8 Å². The Labute approximate surface area is 113 Å². The van der Waals surface area contributed by atoms with Crippen LogP contribution in [0.5, 0.6) is 5.75 Å². The fraction of sp³-hybridized carbons (Fsp3) is 0.417. The van der Waals surface area contributed by atoms with Gasteiger partial charge in [-0.15, -0.1) is 0 Å². The zero-order chi connectivity index (χ0) is 14.9. The first-order chi connectivity index (χ1) is 9.30. The molecule has 0 fully saturated rings. The van der Waals surface area contributed by atoms with Gasteiger partial charge in [-0.05, 0) is 13.0 Å². The van der Waals surface area contributed by atoms with Crippen LogP contribution in [0.25, 0.3) is 0 Å². The lowest BCUT2D eigenvalue weighted by molar-refractivity contribution is -0.120. The average molecular weight is 289 g/mol. The van der Waals surface area contributed by atoms with Crippen LogP contribution in [0.1, 0.15) is 6.92 Å². The van der Waals surface area contributed by atoms with Gasteiger partial charge in [0, 0.05) is 12.6 Å². The number of fused-ring (bicyclic) bond motifs is 1. The van der Waals surface area contributed by atoms with E-state index >= 15 is 0 Å². The summed E-state index contributed by atoms with van der Waals surface area (Å²) in [6.45, 7) is 0.490. The second-order valence-electron chi connectivity index (χ2n) is 4.37. The first kappa shape index (κ1) is 14.3. The van der Waals surface area contributed by atoms with E-state index in [1.165, 1.54) is 12.1 Å². The van der Waals surface area contributed by atoms with Crippen molar-refractivity contribution in [3.8, 4) is 5.75 Å². The zero-order valence-electron chi connectivity index (χ0n) is 10.8. The minimum absolute atomic E-state index is 0.133. The van der Waals surface area contributed by atoms with E-state index in [0.29, 0.717) is 11.4 Å². The second-order valence-corrected chi connectivity index (χ2v) is 4.37. The van der Waals surface area contributed by atoms with Crippen molar-refractivity contribution in [1.29, 1.82) is 0 Å². The van der Waals surface area contributed by atoms with Gasteiger partial charge < -0.3 is 20.7 Å². The maximum Gasteiger partial charge on any atom is 0.405 e. The molecule has 0 spiro atoms. The molecule has 0 bridgehead atoms. The van der Waals surface area contributed by atoms with Gasteiger partial charge in [-0.25, -0.2) is 0 Å². The lowest BCUT2D eigenvalue weighted by Gasteiger charge is -2.28. The van der Waals surface area contributed by atoms with Gasteiger partial charge in [-0.3, -0.25) is 4.79 Å². The number of rotatable bonds is 3. The Morgan fingerprint density at radius 3 is 2.75 bits per heavy atom. The number of ether oxygens (including phenoxy) is 1. The van der Waals surface area contributed by atoms with Crippen LogP contribution in [0.4, 0.5) is 30.2 Å². The van der Waals surface area contributed by atoms with Gasteiger partial charge in [0.2, 0.25) is 0 Å². The molecule has 5 nitrogen and oxygen atoms in total. The van der Waals surface area contributed by atoms with Crippen LogP contribution in [0.2, 0.25) is 0 Å². The number of carbonyl (C=O) groups excluding carboxylic acids is 1. The number of halogens is 3. The molecule has 1 amide bonds. The highest BCUT2D eigenvalue weighted by Gasteiger charge is 2.31. The normalized spacial score (nSPS) is 14.3. The Kier molecular flexibility index (Phi) is 3.65. The molecule has 0 saturated heterocycles. The molecule has 0 unspecified atom stereocenters. The number of anilines is 3. The molecule has 0 atom stereocenters. The van der Waals surface area contributed by atoms with Gasteiger partial charge in [-0.2, -0.15) is 13.2 Å². The van der Waals surface area contributed by atoms with E-state index in [4.69, 9.17) is 10.5 Å². The summed E-state index contributed by atoms with van der Waals surface area (Å²) in [6.07, 6.45) is -4.34. The minimum Gasteiger partial charge on any atom is -0.482 e. The fourth-order valence-corrected chi connectivity index (χ4v) is 1.99. The highest BCUT2D eigenvalue weighted by Crippen LogP contribution is 2.37. The lowest BCUT2D eigenvalue weighted by Crippen LogP contribution is -2.35. The number of amides is 1. The van der Waals surface area contributed by atoms with Gasteiger partial charge in [0.05, 0.1) is 17.1 Å². The predicted molar refractivity (Wildman–Crippen MR) is 68.9 cm³/mol. The monoisotopic (exact) mass is 289 g/mol. The van der Waals surface area contributed by atoms with E-state index in [1.807, 2.05) is 0 Å². The van der Waals surface area contributed by atoms with E-state index in [-0.39, 0.29) is 30.4 Å². The molecule has 20 heavy (non-hydrogen) atoms. The van der Waals surface area contributed by atoms with Crippen molar-refractivity contribution in [2.75, 3.05) is 35.6 Å². The molecule has 8 heteroatoms. The number of nitrogens with zero attached hydrogens (tertiary/aromatic N) is 1. The molecule has 110 valence electrons. The van der Waals surface area contributed by atoms with Crippen molar-refractivity contribution >= 4 is 23.0 Å². The third-order valence-corrected chi connectivity index (χ3v) is 2.85. The Morgan fingerprint density at radius 1 is 1.45 bits per heavy atom.